The fourth-order valence-electron chi connectivity index (χ4n) is 2.32. The van der Waals surface area contributed by atoms with Crippen LogP contribution in [0.25, 0.3) is 11.5 Å². The summed E-state index contributed by atoms with van der Waals surface area (Å²) in [7, 11) is 1.53. The van der Waals surface area contributed by atoms with Crippen molar-refractivity contribution in [2.75, 3.05) is 26.8 Å². The molecule has 3 rings (SSSR count). The Hall–Kier alpha value is -1.73. The predicted molar refractivity (Wildman–Crippen MR) is 73.4 cm³/mol. The molecule has 0 aliphatic carbocycles. The molecule has 20 heavy (non-hydrogen) atoms. The van der Waals surface area contributed by atoms with E-state index in [1.165, 1.54) is 7.11 Å². The molecule has 1 saturated heterocycles. The zero-order valence-electron chi connectivity index (χ0n) is 11.1. The molecule has 0 unspecified atom stereocenters. The third-order valence-corrected chi connectivity index (χ3v) is 4.07. The number of nitrogens with zero attached hydrogens (tertiary/aromatic N) is 3. The first kappa shape index (κ1) is 13.3. The van der Waals surface area contributed by atoms with Gasteiger partial charge < -0.3 is 14.2 Å². The lowest BCUT2D eigenvalue weighted by atomic mass is 10.1. The summed E-state index contributed by atoms with van der Waals surface area (Å²) in [5, 5.41) is 7.99. The molecule has 3 heterocycles. The largest absolute Gasteiger partial charge is 0.375 e. The third kappa shape index (κ3) is 2.59. The van der Waals surface area contributed by atoms with Gasteiger partial charge in [-0.15, -0.1) is 0 Å². The first-order valence-corrected chi connectivity index (χ1v) is 7.35. The summed E-state index contributed by atoms with van der Waals surface area (Å²) in [6.07, 6.45) is 0.859. The molecule has 0 N–H and O–H groups in total. The lowest BCUT2D eigenvalue weighted by molar-refractivity contribution is -0.134. The number of hydrogen-bond acceptors (Lipinski definition) is 6. The van der Waals surface area contributed by atoms with E-state index < -0.39 is 0 Å². The maximum absolute atomic E-state index is 11.8. The van der Waals surface area contributed by atoms with Gasteiger partial charge in [0, 0.05) is 31.5 Å². The minimum atomic E-state index is 0.0107. The zero-order chi connectivity index (χ0) is 13.9. The summed E-state index contributed by atoms with van der Waals surface area (Å²) in [4.78, 5) is 18.0. The van der Waals surface area contributed by atoms with Crippen molar-refractivity contribution in [3.8, 4) is 11.5 Å². The van der Waals surface area contributed by atoms with Crippen LogP contribution >= 0.6 is 11.3 Å². The number of carbonyl (C=O) groups is 1. The van der Waals surface area contributed by atoms with Crippen LogP contribution in [0.1, 0.15) is 18.2 Å². The van der Waals surface area contributed by atoms with Crippen LogP contribution in [-0.2, 0) is 9.53 Å². The maximum atomic E-state index is 11.8. The molecule has 6 nitrogen and oxygen atoms in total. The standard InChI is InChI=1S/C13H15N3O3S/c1-18-7-11(17)16-4-2-9(6-16)12-14-13(19-15-12)10-3-5-20-8-10/h3,5,8-9H,2,4,6-7H2,1H3/t9-/m1/s1. The summed E-state index contributed by atoms with van der Waals surface area (Å²) in [5.74, 6) is 1.38. The number of likely N-dealkylation sites (tertiary alicyclic amines) is 1. The van der Waals surface area contributed by atoms with Crippen LogP contribution in [0.2, 0.25) is 0 Å². The molecule has 106 valence electrons. The van der Waals surface area contributed by atoms with Crippen LogP contribution in [0, 0.1) is 0 Å². The Morgan fingerprint density at radius 3 is 3.30 bits per heavy atom. The van der Waals surface area contributed by atoms with Gasteiger partial charge in [0.15, 0.2) is 5.82 Å². The minimum Gasteiger partial charge on any atom is -0.375 e. The molecule has 1 amide bonds. The first-order chi connectivity index (χ1) is 9.78. The van der Waals surface area contributed by atoms with E-state index in [0.29, 0.717) is 18.3 Å². The van der Waals surface area contributed by atoms with Gasteiger partial charge in [-0.2, -0.15) is 16.3 Å². The fourth-order valence-corrected chi connectivity index (χ4v) is 2.95. The first-order valence-electron chi connectivity index (χ1n) is 6.41. The molecule has 1 atom stereocenters. The van der Waals surface area contributed by atoms with Crippen LogP contribution in [0.4, 0.5) is 0 Å². The van der Waals surface area contributed by atoms with Crippen molar-refractivity contribution in [2.45, 2.75) is 12.3 Å². The third-order valence-electron chi connectivity index (χ3n) is 3.38. The molecular formula is C13H15N3O3S. The Kier molecular flexibility index (Phi) is 3.79. The Balaban J connectivity index is 1.68. The lowest BCUT2D eigenvalue weighted by Crippen LogP contribution is -2.31. The van der Waals surface area contributed by atoms with Gasteiger partial charge in [-0.3, -0.25) is 4.79 Å². The second-order valence-corrected chi connectivity index (χ2v) is 5.51. The number of amides is 1. The highest BCUT2D eigenvalue weighted by molar-refractivity contribution is 7.08. The highest BCUT2D eigenvalue weighted by Gasteiger charge is 2.30. The second-order valence-electron chi connectivity index (χ2n) is 4.73. The average molecular weight is 293 g/mol. The van der Waals surface area contributed by atoms with Crippen LogP contribution in [0.3, 0.4) is 0 Å². The monoisotopic (exact) mass is 293 g/mol. The molecule has 7 heteroatoms. The molecule has 0 radical (unpaired) electrons. The molecule has 0 saturated carbocycles. The van der Waals surface area contributed by atoms with E-state index in [-0.39, 0.29) is 18.4 Å². The Labute approximate surface area is 120 Å². The molecule has 1 aliphatic heterocycles. The molecule has 1 aliphatic rings. The van der Waals surface area contributed by atoms with E-state index in [1.54, 1.807) is 16.2 Å². The second kappa shape index (κ2) is 5.72. The molecular weight excluding hydrogens is 278 g/mol. The molecule has 1 fully saturated rings. The van der Waals surface area contributed by atoms with Gasteiger partial charge in [-0.1, -0.05) is 5.16 Å². The Morgan fingerprint density at radius 2 is 2.55 bits per heavy atom. The molecule has 2 aromatic rings. The van der Waals surface area contributed by atoms with Crippen molar-refractivity contribution in [1.82, 2.24) is 15.0 Å². The van der Waals surface area contributed by atoms with E-state index >= 15 is 0 Å². The van der Waals surface area contributed by atoms with Gasteiger partial charge in [-0.05, 0) is 17.9 Å². The van der Waals surface area contributed by atoms with E-state index in [4.69, 9.17) is 9.26 Å². The number of thiophene rings is 1. The van der Waals surface area contributed by atoms with Crippen molar-refractivity contribution >= 4 is 17.2 Å². The van der Waals surface area contributed by atoms with E-state index in [1.807, 2.05) is 16.8 Å². The smallest absolute Gasteiger partial charge is 0.258 e. The summed E-state index contributed by atoms with van der Waals surface area (Å²) in [6.45, 7) is 1.47. The Bertz CT molecular complexity index is 581. The lowest BCUT2D eigenvalue weighted by Gasteiger charge is -2.14. The van der Waals surface area contributed by atoms with Crippen molar-refractivity contribution in [2.24, 2.45) is 0 Å². The number of carbonyl (C=O) groups excluding carboxylic acids is 1. The Morgan fingerprint density at radius 1 is 1.65 bits per heavy atom. The van der Waals surface area contributed by atoms with Crippen LogP contribution < -0.4 is 0 Å². The van der Waals surface area contributed by atoms with Gasteiger partial charge >= 0.3 is 0 Å². The van der Waals surface area contributed by atoms with Crippen molar-refractivity contribution in [3.05, 3.63) is 22.7 Å². The summed E-state index contributed by atoms with van der Waals surface area (Å²) in [6, 6.07) is 1.95. The topological polar surface area (TPSA) is 68.5 Å². The van der Waals surface area contributed by atoms with Gasteiger partial charge in [-0.25, -0.2) is 0 Å². The van der Waals surface area contributed by atoms with Gasteiger partial charge in [0.05, 0.1) is 5.56 Å². The highest BCUT2D eigenvalue weighted by atomic mass is 32.1. The van der Waals surface area contributed by atoms with E-state index in [0.717, 1.165) is 18.5 Å². The molecule has 0 bridgehead atoms. The molecule has 0 spiro atoms. The summed E-state index contributed by atoms with van der Waals surface area (Å²) < 4.78 is 10.2. The van der Waals surface area contributed by atoms with Gasteiger partial charge in [0.1, 0.15) is 6.61 Å². The fraction of sp³-hybridized carbons (Fsp3) is 0.462. The van der Waals surface area contributed by atoms with Crippen LogP contribution in [-0.4, -0.2) is 47.8 Å². The van der Waals surface area contributed by atoms with Crippen molar-refractivity contribution in [3.63, 3.8) is 0 Å². The van der Waals surface area contributed by atoms with Crippen LogP contribution in [0.15, 0.2) is 21.3 Å². The summed E-state index contributed by atoms with van der Waals surface area (Å²) in [5.41, 5.74) is 0.944. The normalized spacial score (nSPS) is 18.6. The highest BCUT2D eigenvalue weighted by Crippen LogP contribution is 2.27. The number of hydrogen-bond donors (Lipinski definition) is 0. The average Bonchev–Trinajstić information content (AvgIpc) is 3.19. The quantitative estimate of drug-likeness (QED) is 0.859. The van der Waals surface area contributed by atoms with E-state index in [2.05, 4.69) is 10.1 Å². The molecule has 0 aromatic carbocycles. The zero-order valence-corrected chi connectivity index (χ0v) is 11.9. The number of methoxy groups -OCH3 is 1. The molecule has 2 aromatic heterocycles. The van der Waals surface area contributed by atoms with Crippen LogP contribution in [0.5, 0.6) is 0 Å². The van der Waals surface area contributed by atoms with E-state index in [9.17, 15) is 4.79 Å². The van der Waals surface area contributed by atoms with Crippen molar-refractivity contribution in [1.29, 1.82) is 0 Å². The minimum absolute atomic E-state index is 0.0107. The predicted octanol–water partition coefficient (Wildman–Crippen LogP) is 1.76. The van der Waals surface area contributed by atoms with Gasteiger partial charge in [0.2, 0.25) is 5.91 Å². The number of aromatic nitrogens is 2. The number of ether oxygens (including phenoxy) is 1. The van der Waals surface area contributed by atoms with Crippen molar-refractivity contribution < 1.29 is 14.1 Å². The summed E-state index contributed by atoms with van der Waals surface area (Å²) >= 11 is 1.59. The van der Waals surface area contributed by atoms with Gasteiger partial charge in [0.25, 0.3) is 5.89 Å². The number of rotatable bonds is 4. The SMILES string of the molecule is COCC(=O)N1CC[C@@H](c2noc(-c3ccsc3)n2)C1. The maximum Gasteiger partial charge on any atom is 0.258 e.